The van der Waals surface area contributed by atoms with Gasteiger partial charge in [-0.3, -0.25) is 9.78 Å². The van der Waals surface area contributed by atoms with E-state index in [2.05, 4.69) is 4.98 Å². The molecule has 0 saturated heterocycles. The van der Waals surface area contributed by atoms with Crippen LogP contribution in [-0.4, -0.2) is 22.8 Å². The summed E-state index contributed by atoms with van der Waals surface area (Å²) in [4.78, 5) is 18.1. The summed E-state index contributed by atoms with van der Waals surface area (Å²) >= 11 is 11.9. The summed E-state index contributed by atoms with van der Waals surface area (Å²) in [6.45, 7) is 2.20. The van der Waals surface area contributed by atoms with Crippen molar-refractivity contribution in [3.8, 4) is 0 Å². The van der Waals surface area contributed by atoms with Crippen LogP contribution in [0.1, 0.15) is 21.6 Å². The minimum absolute atomic E-state index is 0.140. The summed E-state index contributed by atoms with van der Waals surface area (Å²) in [7, 11) is 1.72. The van der Waals surface area contributed by atoms with Gasteiger partial charge in [0.25, 0.3) is 5.91 Å². The van der Waals surface area contributed by atoms with E-state index >= 15 is 0 Å². The molecule has 0 aliphatic heterocycles. The maximum Gasteiger partial charge on any atom is 0.255 e. The predicted molar refractivity (Wildman–Crippen MR) is 85.6 cm³/mol. The fraction of sp³-hybridized carbons (Fsp3) is 0.200. The highest BCUT2D eigenvalue weighted by molar-refractivity contribution is 6.42. The lowest BCUT2D eigenvalue weighted by atomic mass is 10.1. The molecule has 0 aliphatic rings. The molecule has 1 heterocycles. The van der Waals surface area contributed by atoms with Gasteiger partial charge in [0.1, 0.15) is 0 Å². The lowest BCUT2D eigenvalue weighted by molar-refractivity contribution is 0.0784. The second-order valence-electron chi connectivity index (χ2n) is 4.81. The first-order chi connectivity index (χ1) is 9.88. The molecule has 1 amide bonds. The first-order valence-corrected chi connectivity index (χ1v) is 7.05. The van der Waals surface area contributed by atoms with Crippen molar-refractivity contribution in [2.45, 2.75) is 13.5 Å². The van der Waals surface area contributed by atoms with Gasteiger partial charge in [-0.15, -0.1) is 0 Å². The molecule has 0 saturated carbocycles. The maximum atomic E-state index is 12.4. The molecule has 6 heteroatoms. The van der Waals surface area contributed by atoms with Crippen LogP contribution in [0.3, 0.4) is 0 Å². The zero-order valence-corrected chi connectivity index (χ0v) is 13.2. The van der Waals surface area contributed by atoms with E-state index in [-0.39, 0.29) is 5.91 Å². The summed E-state index contributed by atoms with van der Waals surface area (Å²) in [5, 5.41) is 0.960. The van der Waals surface area contributed by atoms with E-state index in [4.69, 9.17) is 28.9 Å². The summed E-state index contributed by atoms with van der Waals surface area (Å²) in [5.41, 5.74) is 8.20. The van der Waals surface area contributed by atoms with Gasteiger partial charge in [0, 0.05) is 13.6 Å². The quantitative estimate of drug-likeness (QED) is 0.939. The second-order valence-corrected chi connectivity index (χ2v) is 5.63. The number of nitrogens with zero attached hydrogens (tertiary/aromatic N) is 2. The summed E-state index contributed by atoms with van der Waals surface area (Å²) in [5.74, 6) is -0.140. The predicted octanol–water partition coefficient (Wildman–Crippen LogP) is 3.55. The molecule has 1 aromatic heterocycles. The fourth-order valence-corrected chi connectivity index (χ4v) is 2.28. The van der Waals surface area contributed by atoms with Crippen LogP contribution in [0.4, 0.5) is 5.69 Å². The maximum absolute atomic E-state index is 12.4. The van der Waals surface area contributed by atoms with Gasteiger partial charge in [0.15, 0.2) is 0 Å². The first-order valence-electron chi connectivity index (χ1n) is 6.30. The Hall–Kier alpha value is -1.78. The minimum Gasteiger partial charge on any atom is -0.397 e. The van der Waals surface area contributed by atoms with Gasteiger partial charge in [-0.1, -0.05) is 29.3 Å². The van der Waals surface area contributed by atoms with E-state index in [1.54, 1.807) is 37.1 Å². The van der Waals surface area contributed by atoms with Crippen LogP contribution in [-0.2, 0) is 6.54 Å². The van der Waals surface area contributed by atoms with E-state index in [9.17, 15) is 4.79 Å². The molecule has 0 atom stereocenters. The average molecular weight is 324 g/mol. The molecule has 2 rings (SSSR count). The third-order valence-electron chi connectivity index (χ3n) is 3.09. The summed E-state index contributed by atoms with van der Waals surface area (Å²) in [6.07, 6.45) is 1.53. The van der Waals surface area contributed by atoms with Crippen molar-refractivity contribution in [1.82, 2.24) is 9.88 Å². The number of anilines is 1. The molecule has 1 aromatic carbocycles. The molecular weight excluding hydrogens is 309 g/mol. The van der Waals surface area contributed by atoms with Crippen molar-refractivity contribution < 1.29 is 4.79 Å². The molecule has 2 N–H and O–H groups in total. The monoisotopic (exact) mass is 323 g/mol. The smallest absolute Gasteiger partial charge is 0.255 e. The number of hydrogen-bond acceptors (Lipinski definition) is 3. The Kier molecular flexibility index (Phi) is 4.70. The number of pyridine rings is 1. The van der Waals surface area contributed by atoms with Gasteiger partial charge in [-0.25, -0.2) is 0 Å². The number of nitrogens with two attached hydrogens (primary N) is 1. The largest absolute Gasteiger partial charge is 0.397 e. The Bertz CT molecular complexity index is 689. The zero-order valence-electron chi connectivity index (χ0n) is 11.7. The zero-order chi connectivity index (χ0) is 15.6. The van der Waals surface area contributed by atoms with Gasteiger partial charge in [-0.2, -0.15) is 0 Å². The number of carbonyl (C=O) groups excluding carboxylic acids is 1. The Labute approximate surface area is 133 Å². The average Bonchev–Trinajstić information content (AvgIpc) is 2.44. The van der Waals surface area contributed by atoms with E-state index in [0.717, 1.165) is 5.56 Å². The lowest BCUT2D eigenvalue weighted by Gasteiger charge is -2.18. The standard InChI is InChI=1S/C15H15Cl2N3O/c1-9-12(6-11(18)7-19-9)15(21)20(2)8-10-3-4-13(16)14(17)5-10/h3-7H,8,18H2,1-2H3. The van der Waals surface area contributed by atoms with Crippen LogP contribution >= 0.6 is 23.2 Å². The normalized spacial score (nSPS) is 10.5. The number of hydrogen-bond donors (Lipinski definition) is 1. The number of aromatic nitrogens is 1. The van der Waals surface area contributed by atoms with Crippen LogP contribution < -0.4 is 5.73 Å². The topological polar surface area (TPSA) is 59.2 Å². The van der Waals surface area contributed by atoms with Crippen molar-refractivity contribution >= 4 is 34.8 Å². The Morgan fingerprint density at radius 1 is 1.29 bits per heavy atom. The molecule has 0 spiro atoms. The highest BCUT2D eigenvalue weighted by atomic mass is 35.5. The molecule has 2 aromatic rings. The SMILES string of the molecule is Cc1ncc(N)cc1C(=O)N(C)Cc1ccc(Cl)c(Cl)c1. The highest BCUT2D eigenvalue weighted by Crippen LogP contribution is 2.23. The van der Waals surface area contributed by atoms with Crippen molar-refractivity contribution in [3.05, 3.63) is 57.3 Å². The van der Waals surface area contributed by atoms with Gasteiger partial charge < -0.3 is 10.6 Å². The van der Waals surface area contributed by atoms with Crippen LogP contribution in [0.2, 0.25) is 10.0 Å². The van der Waals surface area contributed by atoms with E-state index in [1.807, 2.05) is 6.07 Å². The molecule has 0 aliphatic carbocycles. The lowest BCUT2D eigenvalue weighted by Crippen LogP contribution is -2.27. The number of benzene rings is 1. The van der Waals surface area contributed by atoms with E-state index < -0.39 is 0 Å². The van der Waals surface area contributed by atoms with E-state index in [0.29, 0.717) is 33.5 Å². The van der Waals surface area contributed by atoms with Gasteiger partial charge in [0.05, 0.1) is 33.2 Å². The van der Waals surface area contributed by atoms with Crippen LogP contribution in [0, 0.1) is 6.92 Å². The van der Waals surface area contributed by atoms with E-state index in [1.165, 1.54) is 6.20 Å². The van der Waals surface area contributed by atoms with Gasteiger partial charge >= 0.3 is 0 Å². The van der Waals surface area contributed by atoms with Crippen molar-refractivity contribution in [1.29, 1.82) is 0 Å². The first kappa shape index (κ1) is 15.6. The highest BCUT2D eigenvalue weighted by Gasteiger charge is 2.16. The van der Waals surface area contributed by atoms with Crippen molar-refractivity contribution in [3.63, 3.8) is 0 Å². The summed E-state index contributed by atoms with van der Waals surface area (Å²) < 4.78 is 0. The molecule has 0 bridgehead atoms. The molecular formula is C15H15Cl2N3O. The fourth-order valence-electron chi connectivity index (χ4n) is 1.96. The van der Waals surface area contributed by atoms with Crippen LogP contribution in [0.15, 0.2) is 30.5 Å². The molecule has 4 nitrogen and oxygen atoms in total. The minimum atomic E-state index is -0.140. The van der Waals surface area contributed by atoms with Crippen molar-refractivity contribution in [2.75, 3.05) is 12.8 Å². The van der Waals surface area contributed by atoms with Gasteiger partial charge in [-0.05, 0) is 30.7 Å². The number of rotatable bonds is 3. The van der Waals surface area contributed by atoms with Gasteiger partial charge in [0.2, 0.25) is 0 Å². The Morgan fingerprint density at radius 3 is 2.67 bits per heavy atom. The number of nitrogen functional groups attached to an aromatic ring is 1. The van der Waals surface area contributed by atoms with Crippen LogP contribution in [0.25, 0.3) is 0 Å². The molecule has 0 radical (unpaired) electrons. The third kappa shape index (κ3) is 3.65. The van der Waals surface area contributed by atoms with Crippen LogP contribution in [0.5, 0.6) is 0 Å². The number of halogens is 2. The Morgan fingerprint density at radius 2 is 2.00 bits per heavy atom. The number of amides is 1. The second kappa shape index (κ2) is 6.33. The third-order valence-corrected chi connectivity index (χ3v) is 3.83. The molecule has 110 valence electrons. The molecule has 21 heavy (non-hydrogen) atoms. The molecule has 0 unspecified atom stereocenters. The Balaban J connectivity index is 2.19. The number of carbonyl (C=O) groups is 1. The molecule has 0 fully saturated rings. The van der Waals surface area contributed by atoms with Crippen molar-refractivity contribution in [2.24, 2.45) is 0 Å². The number of aryl methyl sites for hydroxylation is 1. The summed E-state index contributed by atoms with van der Waals surface area (Å²) in [6, 6.07) is 6.93.